The quantitative estimate of drug-likeness (QED) is 0.365. The summed E-state index contributed by atoms with van der Waals surface area (Å²) in [6, 6.07) is 19.8. The van der Waals surface area contributed by atoms with Crippen molar-refractivity contribution in [3.05, 3.63) is 96.7 Å². The summed E-state index contributed by atoms with van der Waals surface area (Å²) < 4.78 is 18.8. The number of carbonyl (C=O) groups is 3. The lowest BCUT2D eigenvalue weighted by Gasteiger charge is -2.23. The predicted molar refractivity (Wildman–Crippen MR) is 140 cm³/mol. The molecule has 9 nitrogen and oxygen atoms in total. The van der Waals surface area contributed by atoms with Gasteiger partial charge in [-0.05, 0) is 48.5 Å². The first kappa shape index (κ1) is 24.7. The van der Waals surface area contributed by atoms with Gasteiger partial charge in [-0.2, -0.15) is 5.10 Å². The van der Waals surface area contributed by atoms with Crippen LogP contribution in [0.1, 0.15) is 5.69 Å². The lowest BCUT2D eigenvalue weighted by Crippen LogP contribution is -2.42. The van der Waals surface area contributed by atoms with E-state index in [1.165, 1.54) is 34.3 Å². The first-order valence-electron chi connectivity index (χ1n) is 11.9. The fourth-order valence-corrected chi connectivity index (χ4v) is 4.30. The summed E-state index contributed by atoms with van der Waals surface area (Å²) in [5.41, 5.74) is 2.02. The van der Waals surface area contributed by atoms with Gasteiger partial charge in [-0.25, -0.2) is 4.39 Å². The maximum absolute atomic E-state index is 13.7. The highest BCUT2D eigenvalue weighted by molar-refractivity contribution is 6.11. The van der Waals surface area contributed by atoms with Crippen LogP contribution in [0, 0.1) is 11.7 Å². The zero-order valence-electron chi connectivity index (χ0n) is 20.4. The van der Waals surface area contributed by atoms with Crippen molar-refractivity contribution in [2.75, 3.05) is 23.9 Å². The highest BCUT2D eigenvalue weighted by atomic mass is 19.1. The monoisotopic (exact) mass is 513 g/mol. The lowest BCUT2D eigenvalue weighted by molar-refractivity contribution is -0.140. The Hall–Kier alpha value is -4.99. The molecule has 5 rings (SSSR count). The Labute approximate surface area is 217 Å². The number of hydrogen-bond acceptors (Lipinski definition) is 5. The van der Waals surface area contributed by atoms with Crippen LogP contribution in [0.3, 0.4) is 0 Å². The largest absolute Gasteiger partial charge is 0.497 e. The number of aromatic amines is 1. The van der Waals surface area contributed by atoms with Crippen molar-refractivity contribution in [2.45, 2.75) is 6.42 Å². The second-order valence-corrected chi connectivity index (χ2v) is 8.71. The molecule has 2 heterocycles. The van der Waals surface area contributed by atoms with Crippen molar-refractivity contribution < 1.29 is 23.5 Å². The Morgan fingerprint density at radius 2 is 1.79 bits per heavy atom. The third-order valence-corrected chi connectivity index (χ3v) is 6.24. The van der Waals surface area contributed by atoms with Gasteiger partial charge in [0.1, 0.15) is 24.0 Å². The molecule has 1 aromatic heterocycles. The summed E-state index contributed by atoms with van der Waals surface area (Å²) in [5.74, 6) is -2.39. The molecule has 192 valence electrons. The molecule has 10 heteroatoms. The molecule has 3 amide bonds. The van der Waals surface area contributed by atoms with E-state index in [9.17, 15) is 18.8 Å². The molecule has 2 N–H and O–H groups in total. The molecule has 1 atom stereocenters. The van der Waals surface area contributed by atoms with Crippen molar-refractivity contribution in [2.24, 2.45) is 5.92 Å². The minimum absolute atomic E-state index is 0.0125. The molecule has 0 fully saturated rings. The second-order valence-electron chi connectivity index (χ2n) is 8.71. The Bertz CT molecular complexity index is 1520. The minimum atomic E-state index is -1.16. The van der Waals surface area contributed by atoms with Crippen LogP contribution in [-0.4, -0.2) is 46.5 Å². The van der Waals surface area contributed by atoms with Crippen LogP contribution in [0.4, 0.5) is 15.8 Å². The number of amides is 3. The van der Waals surface area contributed by atoms with Gasteiger partial charge in [0.15, 0.2) is 0 Å². The maximum Gasteiger partial charge on any atom is 0.244 e. The molecule has 1 aliphatic heterocycles. The van der Waals surface area contributed by atoms with E-state index in [2.05, 4.69) is 15.5 Å². The number of fused-ring (bicyclic) bond motifs is 1. The zero-order valence-corrected chi connectivity index (χ0v) is 20.4. The average Bonchev–Trinajstić information content (AvgIpc) is 3.28. The van der Waals surface area contributed by atoms with Gasteiger partial charge in [0.25, 0.3) is 0 Å². The van der Waals surface area contributed by atoms with Gasteiger partial charge in [0.05, 0.1) is 12.6 Å². The summed E-state index contributed by atoms with van der Waals surface area (Å²) in [7, 11) is 1.55. The van der Waals surface area contributed by atoms with Crippen LogP contribution in [0.5, 0.6) is 5.75 Å². The van der Waals surface area contributed by atoms with Gasteiger partial charge in [-0.15, -0.1) is 0 Å². The highest BCUT2D eigenvalue weighted by Gasteiger charge is 2.37. The standard InChI is InChI=1S/C28H24FN5O4/c1-38-21-10-8-19(9-11-21)30-26(35)17-33-13-14-34(20-5-3-2-4-6-20)28(37)23(27(33)36)16-25-22-12-7-18(29)15-24(22)31-32-25/h2-15,23H,16-17H2,1H3,(H,30,35)(H,31,32). The van der Waals surface area contributed by atoms with E-state index in [1.54, 1.807) is 61.7 Å². The van der Waals surface area contributed by atoms with Crippen molar-refractivity contribution in [3.63, 3.8) is 0 Å². The highest BCUT2D eigenvalue weighted by Crippen LogP contribution is 2.26. The Morgan fingerprint density at radius 1 is 1.03 bits per heavy atom. The van der Waals surface area contributed by atoms with E-state index in [0.717, 1.165) is 0 Å². The number of nitrogens with one attached hydrogen (secondary N) is 2. The van der Waals surface area contributed by atoms with Crippen LogP contribution >= 0.6 is 0 Å². The van der Waals surface area contributed by atoms with Crippen LogP contribution < -0.4 is 15.0 Å². The fraction of sp³-hybridized carbons (Fsp3) is 0.143. The zero-order chi connectivity index (χ0) is 26.6. The summed E-state index contributed by atoms with van der Waals surface area (Å²) in [6.45, 7) is -0.303. The molecule has 0 bridgehead atoms. The molecule has 3 aromatic carbocycles. The number of ether oxygens (including phenoxy) is 1. The number of H-pyrrole nitrogens is 1. The van der Waals surface area contributed by atoms with Crippen molar-refractivity contribution in [1.82, 2.24) is 15.1 Å². The van der Waals surface area contributed by atoms with E-state index >= 15 is 0 Å². The van der Waals surface area contributed by atoms with E-state index in [-0.39, 0.29) is 13.0 Å². The number of hydrogen-bond donors (Lipinski definition) is 2. The number of rotatable bonds is 7. The van der Waals surface area contributed by atoms with E-state index in [0.29, 0.717) is 33.7 Å². The van der Waals surface area contributed by atoms with Gasteiger partial charge in [-0.1, -0.05) is 18.2 Å². The second kappa shape index (κ2) is 10.6. The molecule has 4 aromatic rings. The summed E-state index contributed by atoms with van der Waals surface area (Å²) in [5, 5.41) is 10.3. The minimum Gasteiger partial charge on any atom is -0.497 e. The van der Waals surface area contributed by atoms with Gasteiger partial charge >= 0.3 is 0 Å². The molecular weight excluding hydrogens is 489 g/mol. The molecule has 0 radical (unpaired) electrons. The van der Waals surface area contributed by atoms with Crippen molar-refractivity contribution in [1.29, 1.82) is 0 Å². The van der Waals surface area contributed by atoms with Gasteiger partial charge < -0.3 is 15.0 Å². The molecule has 0 aliphatic carbocycles. The normalized spacial score (nSPS) is 15.6. The summed E-state index contributed by atoms with van der Waals surface area (Å²) in [4.78, 5) is 42.8. The lowest BCUT2D eigenvalue weighted by atomic mass is 9.98. The smallest absolute Gasteiger partial charge is 0.244 e. The molecular formula is C28H24FN5O4. The number of para-hydroxylation sites is 1. The first-order chi connectivity index (χ1) is 18.4. The number of nitrogens with zero attached hydrogens (tertiary/aromatic N) is 3. The molecule has 0 saturated heterocycles. The number of anilines is 2. The van der Waals surface area contributed by atoms with E-state index in [1.807, 2.05) is 6.07 Å². The summed E-state index contributed by atoms with van der Waals surface area (Å²) in [6.07, 6.45) is 2.90. The van der Waals surface area contributed by atoms with Crippen molar-refractivity contribution >= 4 is 40.0 Å². The van der Waals surface area contributed by atoms with Gasteiger partial charge in [-0.3, -0.25) is 24.4 Å². The number of carbonyl (C=O) groups excluding carboxylic acids is 3. The molecule has 38 heavy (non-hydrogen) atoms. The molecule has 0 saturated carbocycles. The van der Waals surface area contributed by atoms with Crippen molar-refractivity contribution in [3.8, 4) is 5.75 Å². The molecule has 1 aliphatic rings. The number of methoxy groups -OCH3 is 1. The van der Waals surface area contributed by atoms with E-state index < -0.39 is 29.5 Å². The number of benzene rings is 3. The Balaban J connectivity index is 1.43. The summed E-state index contributed by atoms with van der Waals surface area (Å²) >= 11 is 0. The molecule has 1 unspecified atom stereocenters. The van der Waals surface area contributed by atoms with Crippen LogP contribution in [0.25, 0.3) is 10.9 Å². The number of halogens is 1. The fourth-order valence-electron chi connectivity index (χ4n) is 4.30. The van der Waals surface area contributed by atoms with Gasteiger partial charge in [0.2, 0.25) is 17.7 Å². The van der Waals surface area contributed by atoms with Gasteiger partial charge in [0, 0.05) is 47.3 Å². The topological polar surface area (TPSA) is 108 Å². The van der Waals surface area contributed by atoms with Crippen LogP contribution in [0.2, 0.25) is 0 Å². The third kappa shape index (κ3) is 5.10. The predicted octanol–water partition coefficient (Wildman–Crippen LogP) is 3.85. The number of aromatic nitrogens is 2. The maximum atomic E-state index is 13.7. The van der Waals surface area contributed by atoms with Crippen LogP contribution in [-0.2, 0) is 20.8 Å². The Morgan fingerprint density at radius 3 is 2.53 bits per heavy atom. The average molecular weight is 514 g/mol. The SMILES string of the molecule is COc1ccc(NC(=O)CN2C=CN(c3ccccc3)C(=O)C(Cc3[nH]nc4cc(F)ccc34)C2=O)cc1. The van der Waals surface area contributed by atoms with E-state index in [4.69, 9.17) is 4.74 Å². The third-order valence-electron chi connectivity index (χ3n) is 6.24. The molecule has 0 spiro atoms. The van der Waals surface area contributed by atoms with Crippen LogP contribution in [0.15, 0.2) is 85.2 Å². The Kier molecular flexibility index (Phi) is 6.86. The first-order valence-corrected chi connectivity index (χ1v) is 11.9.